The van der Waals surface area contributed by atoms with Gasteiger partial charge in [-0.2, -0.15) is 0 Å². The number of hydrogen-bond donors (Lipinski definition) is 1. The Morgan fingerprint density at radius 3 is 2.48 bits per heavy atom. The lowest BCUT2D eigenvalue weighted by Gasteiger charge is -2.08. The maximum atomic E-state index is 13.3. The molecule has 2 aromatic rings. The Morgan fingerprint density at radius 2 is 1.74 bits per heavy atom. The van der Waals surface area contributed by atoms with Crippen molar-refractivity contribution in [2.45, 2.75) is 6.92 Å². The number of halogens is 1. The molecule has 0 unspecified atom stereocenters. The molecule has 116 valence electrons. The number of rotatable bonds is 2. The topological polar surface area (TPSA) is 66.5 Å². The van der Waals surface area contributed by atoms with Crippen molar-refractivity contribution in [2.24, 2.45) is 0 Å². The smallest absolute Gasteiger partial charge is 0.261 e. The number of carbonyl (C=O) groups is 3. The number of nitrogens with zero attached hydrogens (tertiary/aromatic N) is 1. The maximum Gasteiger partial charge on any atom is 0.261 e. The summed E-state index contributed by atoms with van der Waals surface area (Å²) in [6.07, 6.45) is 0. The number of amides is 3. The summed E-state index contributed by atoms with van der Waals surface area (Å²) in [6, 6.07) is 8.43. The van der Waals surface area contributed by atoms with Gasteiger partial charge in [-0.1, -0.05) is 6.07 Å². The molecule has 6 heteroatoms. The minimum absolute atomic E-state index is 0.213. The second-order valence-electron chi connectivity index (χ2n) is 5.34. The first-order chi connectivity index (χ1) is 10.9. The number of anilines is 1. The summed E-state index contributed by atoms with van der Waals surface area (Å²) in [5.41, 5.74) is 1.76. The van der Waals surface area contributed by atoms with Crippen LogP contribution in [0.1, 0.15) is 36.6 Å². The monoisotopic (exact) mass is 312 g/mol. The minimum Gasteiger partial charge on any atom is -0.322 e. The fourth-order valence-electron chi connectivity index (χ4n) is 2.48. The van der Waals surface area contributed by atoms with E-state index in [9.17, 15) is 18.8 Å². The molecule has 1 aliphatic rings. The van der Waals surface area contributed by atoms with E-state index >= 15 is 0 Å². The predicted octanol–water partition coefficient (Wildman–Crippen LogP) is 2.61. The first-order valence-electron chi connectivity index (χ1n) is 6.92. The highest BCUT2D eigenvalue weighted by atomic mass is 19.1. The molecule has 0 atom stereocenters. The molecule has 23 heavy (non-hydrogen) atoms. The molecule has 0 saturated heterocycles. The molecular formula is C17H13FN2O3. The van der Waals surface area contributed by atoms with Crippen LogP contribution in [-0.4, -0.2) is 29.7 Å². The van der Waals surface area contributed by atoms with Crippen LogP contribution >= 0.6 is 0 Å². The van der Waals surface area contributed by atoms with Crippen LogP contribution in [0.15, 0.2) is 36.4 Å². The average Bonchev–Trinajstić information content (AvgIpc) is 2.74. The van der Waals surface area contributed by atoms with Crippen LogP contribution in [0.2, 0.25) is 0 Å². The molecule has 0 bridgehead atoms. The molecule has 3 amide bonds. The molecule has 1 heterocycles. The largest absolute Gasteiger partial charge is 0.322 e. The molecule has 1 aliphatic heterocycles. The van der Waals surface area contributed by atoms with Crippen LogP contribution in [0, 0.1) is 12.7 Å². The highest BCUT2D eigenvalue weighted by Gasteiger charge is 2.32. The fraction of sp³-hybridized carbons (Fsp3) is 0.118. The van der Waals surface area contributed by atoms with Gasteiger partial charge in [-0.05, 0) is 42.8 Å². The van der Waals surface area contributed by atoms with Crippen LogP contribution in [0.3, 0.4) is 0 Å². The third kappa shape index (κ3) is 2.48. The number of carbonyl (C=O) groups excluding carboxylic acids is 3. The van der Waals surface area contributed by atoms with Gasteiger partial charge in [0, 0.05) is 18.3 Å². The van der Waals surface area contributed by atoms with Crippen LogP contribution in [0.4, 0.5) is 10.1 Å². The van der Waals surface area contributed by atoms with E-state index in [1.807, 2.05) is 0 Å². The third-order valence-corrected chi connectivity index (χ3v) is 3.79. The van der Waals surface area contributed by atoms with Crippen LogP contribution in [-0.2, 0) is 0 Å². The predicted molar refractivity (Wildman–Crippen MR) is 82.0 cm³/mol. The highest BCUT2D eigenvalue weighted by molar-refractivity contribution is 6.21. The number of hydrogen-bond acceptors (Lipinski definition) is 3. The lowest BCUT2D eigenvalue weighted by Crippen LogP contribution is -2.24. The van der Waals surface area contributed by atoms with E-state index < -0.39 is 17.6 Å². The van der Waals surface area contributed by atoms with Crippen molar-refractivity contribution in [1.82, 2.24) is 4.90 Å². The van der Waals surface area contributed by atoms with E-state index in [0.29, 0.717) is 16.8 Å². The fourth-order valence-corrected chi connectivity index (χ4v) is 2.48. The molecule has 5 nitrogen and oxygen atoms in total. The van der Waals surface area contributed by atoms with E-state index in [0.717, 1.165) is 11.0 Å². The molecule has 0 fully saturated rings. The van der Waals surface area contributed by atoms with Gasteiger partial charge in [0.05, 0.1) is 11.1 Å². The summed E-state index contributed by atoms with van der Waals surface area (Å²) < 4.78 is 13.3. The van der Waals surface area contributed by atoms with Crippen molar-refractivity contribution in [2.75, 3.05) is 12.4 Å². The quantitative estimate of drug-likeness (QED) is 0.867. The molecule has 0 spiro atoms. The van der Waals surface area contributed by atoms with Crippen molar-refractivity contribution in [3.63, 3.8) is 0 Å². The van der Waals surface area contributed by atoms with Crippen molar-refractivity contribution in [3.8, 4) is 0 Å². The Bertz CT molecular complexity index is 861. The van der Waals surface area contributed by atoms with Crippen molar-refractivity contribution in [3.05, 3.63) is 64.5 Å². The molecule has 0 aliphatic carbocycles. The average molecular weight is 312 g/mol. The minimum atomic E-state index is -0.503. The van der Waals surface area contributed by atoms with Gasteiger partial charge in [-0.15, -0.1) is 0 Å². The Labute approximate surface area is 131 Å². The van der Waals surface area contributed by atoms with Gasteiger partial charge in [0.2, 0.25) is 0 Å². The van der Waals surface area contributed by atoms with Crippen LogP contribution in [0.5, 0.6) is 0 Å². The number of fused-ring (bicyclic) bond motifs is 1. The Kier molecular flexibility index (Phi) is 3.44. The summed E-state index contributed by atoms with van der Waals surface area (Å²) in [6.45, 7) is 1.70. The molecule has 0 aromatic heterocycles. The summed E-state index contributed by atoms with van der Waals surface area (Å²) in [5.74, 6) is -1.77. The first kappa shape index (κ1) is 14.9. The van der Waals surface area contributed by atoms with Crippen molar-refractivity contribution in [1.29, 1.82) is 0 Å². The molecule has 3 rings (SSSR count). The Morgan fingerprint density at radius 1 is 1.04 bits per heavy atom. The molecule has 1 N–H and O–H groups in total. The van der Waals surface area contributed by atoms with Gasteiger partial charge in [-0.3, -0.25) is 19.3 Å². The molecule has 2 aromatic carbocycles. The maximum absolute atomic E-state index is 13.3. The van der Waals surface area contributed by atoms with Gasteiger partial charge in [-0.25, -0.2) is 4.39 Å². The van der Waals surface area contributed by atoms with E-state index in [-0.39, 0.29) is 17.0 Å². The molecular weight excluding hydrogens is 299 g/mol. The zero-order valence-electron chi connectivity index (χ0n) is 12.5. The lowest BCUT2D eigenvalue weighted by atomic mass is 10.1. The SMILES string of the molecule is Cc1ccc(F)cc1C(=O)Nc1ccc2c(c1)C(=O)N(C)C2=O. The van der Waals surface area contributed by atoms with Gasteiger partial charge in [0.1, 0.15) is 5.82 Å². The third-order valence-electron chi connectivity index (χ3n) is 3.79. The van der Waals surface area contributed by atoms with Gasteiger partial charge >= 0.3 is 0 Å². The van der Waals surface area contributed by atoms with Crippen LogP contribution in [0.25, 0.3) is 0 Å². The van der Waals surface area contributed by atoms with Crippen molar-refractivity contribution < 1.29 is 18.8 Å². The lowest BCUT2D eigenvalue weighted by molar-refractivity contribution is 0.0692. The van der Waals surface area contributed by atoms with Crippen molar-refractivity contribution >= 4 is 23.4 Å². The van der Waals surface area contributed by atoms with Gasteiger partial charge in [0.15, 0.2) is 0 Å². The second kappa shape index (κ2) is 5.31. The van der Waals surface area contributed by atoms with E-state index in [1.165, 1.54) is 37.4 Å². The standard InChI is InChI=1S/C17H13FN2O3/c1-9-3-4-10(18)7-13(9)15(21)19-11-5-6-12-14(8-11)17(23)20(2)16(12)22/h3-8H,1-2H3,(H,19,21). The Balaban J connectivity index is 1.90. The zero-order chi connectivity index (χ0) is 16.7. The number of benzene rings is 2. The van der Waals surface area contributed by atoms with Gasteiger partial charge in [0.25, 0.3) is 17.7 Å². The highest BCUT2D eigenvalue weighted by Crippen LogP contribution is 2.25. The number of nitrogens with one attached hydrogen (secondary N) is 1. The van der Waals surface area contributed by atoms with E-state index in [4.69, 9.17) is 0 Å². The van der Waals surface area contributed by atoms with E-state index in [1.54, 1.807) is 6.92 Å². The summed E-state index contributed by atoms with van der Waals surface area (Å²) in [5, 5.41) is 2.62. The molecule has 0 saturated carbocycles. The normalized spacial score (nSPS) is 13.3. The van der Waals surface area contributed by atoms with Gasteiger partial charge < -0.3 is 5.32 Å². The number of aryl methyl sites for hydroxylation is 1. The summed E-state index contributed by atoms with van der Waals surface area (Å²) >= 11 is 0. The number of imide groups is 1. The van der Waals surface area contributed by atoms with E-state index in [2.05, 4.69) is 5.32 Å². The molecule has 0 radical (unpaired) electrons. The summed E-state index contributed by atoms with van der Waals surface area (Å²) in [4.78, 5) is 37.1. The zero-order valence-corrected chi connectivity index (χ0v) is 12.5. The van der Waals surface area contributed by atoms with Crippen LogP contribution < -0.4 is 5.32 Å². The Hall–Kier alpha value is -3.02. The summed E-state index contributed by atoms with van der Waals surface area (Å²) in [7, 11) is 1.40. The second-order valence-corrected chi connectivity index (χ2v) is 5.34. The first-order valence-corrected chi connectivity index (χ1v) is 6.92.